The number of rotatable bonds is 1. The first kappa shape index (κ1) is 8.40. The lowest BCUT2D eigenvalue weighted by Gasteiger charge is -1.91. The van der Waals surface area contributed by atoms with E-state index in [0.717, 1.165) is 5.56 Å². The summed E-state index contributed by atoms with van der Waals surface area (Å²) in [6, 6.07) is 1.94. The Hall–Kier alpha value is -1.20. The van der Waals surface area contributed by atoms with E-state index in [-0.39, 0.29) is 5.91 Å². The zero-order chi connectivity index (χ0) is 9.26. The second kappa shape index (κ2) is 3.27. The Morgan fingerprint density at radius 1 is 1.46 bits per heavy atom. The number of nitrogens with one attached hydrogen (secondary N) is 2. The molecule has 0 atom stereocenters. The molecule has 0 unspecified atom stereocenters. The first-order chi connectivity index (χ1) is 6.25. The first-order valence-corrected chi connectivity index (χ1v) is 4.97. The third-order valence-electron chi connectivity index (χ3n) is 1.57. The first-order valence-electron chi connectivity index (χ1n) is 3.62. The molecule has 66 valence electrons. The van der Waals surface area contributed by atoms with Gasteiger partial charge in [0, 0.05) is 0 Å². The minimum absolute atomic E-state index is 0.170. The molecule has 0 saturated carbocycles. The normalized spacial score (nSPS) is 18.9. The molecule has 0 aromatic carbocycles. The lowest BCUT2D eigenvalue weighted by Crippen LogP contribution is -2.21. The number of hydrogen-bond acceptors (Lipinski definition) is 3. The number of thiocarbonyl (C=S) groups is 1. The van der Waals surface area contributed by atoms with Crippen LogP contribution in [-0.2, 0) is 4.79 Å². The zero-order valence-electron chi connectivity index (χ0n) is 6.53. The molecule has 5 heteroatoms. The summed E-state index contributed by atoms with van der Waals surface area (Å²) in [5.41, 5.74) is 1.51. The van der Waals surface area contributed by atoms with E-state index in [0.29, 0.717) is 10.8 Å². The van der Waals surface area contributed by atoms with E-state index >= 15 is 0 Å². The Labute approximate surface area is 84.5 Å². The van der Waals surface area contributed by atoms with E-state index in [4.69, 9.17) is 12.2 Å². The average molecular weight is 210 g/mol. The van der Waals surface area contributed by atoms with Crippen LogP contribution in [0.5, 0.6) is 0 Å². The van der Waals surface area contributed by atoms with Gasteiger partial charge in [0.2, 0.25) is 0 Å². The summed E-state index contributed by atoms with van der Waals surface area (Å²) >= 11 is 6.38. The summed E-state index contributed by atoms with van der Waals surface area (Å²) in [5, 5.41) is 9.56. The quantitative estimate of drug-likeness (QED) is 0.538. The van der Waals surface area contributed by atoms with Crippen LogP contribution in [0.2, 0.25) is 0 Å². The van der Waals surface area contributed by atoms with Crippen LogP contribution in [0.3, 0.4) is 0 Å². The molecule has 1 amide bonds. The Balaban J connectivity index is 2.27. The Morgan fingerprint density at radius 3 is 2.85 bits per heavy atom. The SMILES string of the molecule is O=C1NC(=S)NC1=Cc1ccsc1. The molecule has 2 rings (SSSR count). The van der Waals surface area contributed by atoms with Crippen molar-refractivity contribution in [1.82, 2.24) is 10.6 Å². The fraction of sp³-hybridized carbons (Fsp3) is 0. The summed E-state index contributed by atoms with van der Waals surface area (Å²) in [5.74, 6) is -0.170. The van der Waals surface area contributed by atoms with Crippen molar-refractivity contribution in [3.63, 3.8) is 0 Å². The largest absolute Gasteiger partial charge is 0.328 e. The minimum atomic E-state index is -0.170. The van der Waals surface area contributed by atoms with Crippen molar-refractivity contribution in [2.24, 2.45) is 0 Å². The van der Waals surface area contributed by atoms with Crippen molar-refractivity contribution in [2.45, 2.75) is 0 Å². The predicted octanol–water partition coefficient (Wildman–Crippen LogP) is 1.09. The van der Waals surface area contributed by atoms with Gasteiger partial charge in [-0.05, 0) is 40.7 Å². The predicted molar refractivity (Wildman–Crippen MR) is 56.2 cm³/mol. The molecule has 1 fully saturated rings. The van der Waals surface area contributed by atoms with Crippen molar-refractivity contribution in [1.29, 1.82) is 0 Å². The molecule has 0 bridgehead atoms. The highest BCUT2D eigenvalue weighted by Gasteiger charge is 2.19. The van der Waals surface area contributed by atoms with E-state index in [1.165, 1.54) is 0 Å². The highest BCUT2D eigenvalue weighted by Crippen LogP contribution is 2.11. The van der Waals surface area contributed by atoms with Crippen LogP contribution in [0.1, 0.15) is 5.56 Å². The third-order valence-corrected chi connectivity index (χ3v) is 2.48. The van der Waals surface area contributed by atoms with Crippen molar-refractivity contribution in [3.8, 4) is 0 Å². The van der Waals surface area contributed by atoms with Crippen molar-refractivity contribution in [3.05, 3.63) is 28.1 Å². The molecule has 1 aliphatic rings. The van der Waals surface area contributed by atoms with Gasteiger partial charge in [0.05, 0.1) is 0 Å². The molecule has 1 aromatic rings. The number of hydrogen-bond donors (Lipinski definition) is 2. The molecule has 0 spiro atoms. The van der Waals surface area contributed by atoms with Crippen LogP contribution < -0.4 is 10.6 Å². The summed E-state index contributed by atoms with van der Waals surface area (Å²) in [6.45, 7) is 0. The molecule has 13 heavy (non-hydrogen) atoms. The maximum Gasteiger partial charge on any atom is 0.273 e. The lowest BCUT2D eigenvalue weighted by molar-refractivity contribution is -0.115. The molecule has 1 saturated heterocycles. The van der Waals surface area contributed by atoms with Gasteiger partial charge in [0.25, 0.3) is 5.91 Å². The van der Waals surface area contributed by atoms with Gasteiger partial charge in [-0.25, -0.2) is 0 Å². The second-order valence-electron chi connectivity index (χ2n) is 2.52. The van der Waals surface area contributed by atoms with Gasteiger partial charge in [-0.2, -0.15) is 11.3 Å². The van der Waals surface area contributed by atoms with Gasteiger partial charge in [-0.1, -0.05) is 0 Å². The van der Waals surface area contributed by atoms with E-state index in [9.17, 15) is 4.79 Å². The van der Waals surface area contributed by atoms with Crippen molar-refractivity contribution >= 4 is 40.7 Å². The van der Waals surface area contributed by atoms with Gasteiger partial charge in [-0.3, -0.25) is 10.1 Å². The van der Waals surface area contributed by atoms with E-state index in [1.54, 1.807) is 17.4 Å². The smallest absolute Gasteiger partial charge is 0.273 e. The van der Waals surface area contributed by atoms with Crippen LogP contribution in [0.4, 0.5) is 0 Å². The highest BCUT2D eigenvalue weighted by molar-refractivity contribution is 7.80. The minimum Gasteiger partial charge on any atom is -0.328 e. The van der Waals surface area contributed by atoms with E-state index in [1.807, 2.05) is 16.8 Å². The van der Waals surface area contributed by atoms with E-state index < -0.39 is 0 Å². The summed E-state index contributed by atoms with van der Waals surface area (Å²) in [6.07, 6.45) is 1.77. The fourth-order valence-corrected chi connectivity index (χ4v) is 1.83. The summed E-state index contributed by atoms with van der Waals surface area (Å²) < 4.78 is 0. The number of amides is 1. The van der Waals surface area contributed by atoms with Crippen LogP contribution in [0, 0.1) is 0 Å². The second-order valence-corrected chi connectivity index (χ2v) is 3.71. The average Bonchev–Trinajstić information content (AvgIpc) is 2.63. The van der Waals surface area contributed by atoms with Gasteiger partial charge >= 0.3 is 0 Å². The number of carbonyl (C=O) groups excluding carboxylic acids is 1. The molecule has 1 aromatic heterocycles. The van der Waals surface area contributed by atoms with Crippen LogP contribution in [0.15, 0.2) is 22.5 Å². The van der Waals surface area contributed by atoms with Crippen molar-refractivity contribution < 1.29 is 4.79 Å². The van der Waals surface area contributed by atoms with Gasteiger partial charge in [-0.15, -0.1) is 0 Å². The Morgan fingerprint density at radius 2 is 2.31 bits per heavy atom. The van der Waals surface area contributed by atoms with Gasteiger partial charge in [0.1, 0.15) is 5.70 Å². The molecule has 2 heterocycles. The van der Waals surface area contributed by atoms with Crippen molar-refractivity contribution in [2.75, 3.05) is 0 Å². The number of carbonyl (C=O) groups is 1. The third kappa shape index (κ3) is 1.76. The molecular formula is C8H6N2OS2. The highest BCUT2D eigenvalue weighted by atomic mass is 32.1. The summed E-state index contributed by atoms with van der Waals surface area (Å²) in [7, 11) is 0. The fourth-order valence-electron chi connectivity index (χ4n) is 1.01. The monoisotopic (exact) mass is 210 g/mol. The molecular weight excluding hydrogens is 204 g/mol. The van der Waals surface area contributed by atoms with Crippen LogP contribution in [0.25, 0.3) is 6.08 Å². The molecule has 3 nitrogen and oxygen atoms in total. The Kier molecular flexibility index (Phi) is 2.12. The lowest BCUT2D eigenvalue weighted by atomic mass is 10.3. The number of thiophene rings is 1. The van der Waals surface area contributed by atoms with Gasteiger partial charge < -0.3 is 5.32 Å². The zero-order valence-corrected chi connectivity index (χ0v) is 8.17. The standard InChI is InChI=1S/C8H6N2OS2/c11-7-6(9-8(12)10-7)3-5-1-2-13-4-5/h1-4H,(H2,9,10,11,12). The van der Waals surface area contributed by atoms with Crippen LogP contribution >= 0.6 is 23.6 Å². The summed E-state index contributed by atoms with van der Waals surface area (Å²) in [4.78, 5) is 11.2. The Bertz CT molecular complexity index is 381. The maximum atomic E-state index is 11.2. The maximum absolute atomic E-state index is 11.2. The molecule has 1 aliphatic heterocycles. The molecule has 0 aliphatic carbocycles. The molecule has 2 N–H and O–H groups in total. The van der Waals surface area contributed by atoms with Crippen LogP contribution in [-0.4, -0.2) is 11.0 Å². The van der Waals surface area contributed by atoms with Gasteiger partial charge in [0.15, 0.2) is 5.11 Å². The topological polar surface area (TPSA) is 41.1 Å². The van der Waals surface area contributed by atoms with E-state index in [2.05, 4.69) is 10.6 Å². The molecule has 0 radical (unpaired) electrons.